The molecule has 0 radical (unpaired) electrons. The molecular weight excluding hydrogens is 340 g/mol. The number of H-pyrrole nitrogens is 1. The van der Waals surface area contributed by atoms with Crippen molar-refractivity contribution in [3.63, 3.8) is 0 Å². The minimum Gasteiger partial charge on any atom is -0.351 e. The van der Waals surface area contributed by atoms with Gasteiger partial charge in [0, 0.05) is 6.54 Å². The van der Waals surface area contributed by atoms with Gasteiger partial charge in [-0.1, -0.05) is 55.1 Å². The van der Waals surface area contributed by atoms with E-state index in [9.17, 15) is 4.79 Å². The first-order chi connectivity index (χ1) is 11.8. The minimum atomic E-state index is -0.208. The van der Waals surface area contributed by atoms with E-state index in [0.717, 1.165) is 16.3 Å². The lowest BCUT2D eigenvalue weighted by Gasteiger charge is -2.12. The predicted molar refractivity (Wildman–Crippen MR) is 97.9 cm³/mol. The standard InChI is InChI=1S/C17H18N4OS2/c1-2-13(16(22)18-11-12-7-4-3-5-8-12)24-17-19-15(20-21-17)14-9-6-10-23-14/h3-10,13H,2,11H2,1H3,(H,18,22)(H,19,20,21). The van der Waals surface area contributed by atoms with Crippen LogP contribution in [-0.4, -0.2) is 26.3 Å². The van der Waals surface area contributed by atoms with Crippen LogP contribution in [-0.2, 0) is 11.3 Å². The van der Waals surface area contributed by atoms with E-state index >= 15 is 0 Å². The van der Waals surface area contributed by atoms with Crippen LogP contribution in [0.2, 0.25) is 0 Å². The van der Waals surface area contributed by atoms with E-state index in [2.05, 4.69) is 20.5 Å². The zero-order valence-electron chi connectivity index (χ0n) is 13.2. The Kier molecular flexibility index (Phi) is 5.66. The summed E-state index contributed by atoms with van der Waals surface area (Å²) in [5.41, 5.74) is 1.09. The Labute approximate surface area is 148 Å². The van der Waals surface area contributed by atoms with Crippen molar-refractivity contribution in [1.82, 2.24) is 20.5 Å². The molecular formula is C17H18N4OS2. The van der Waals surface area contributed by atoms with Crippen molar-refractivity contribution in [2.24, 2.45) is 0 Å². The maximum Gasteiger partial charge on any atom is 0.233 e. The molecule has 0 spiro atoms. The molecule has 2 aromatic heterocycles. The van der Waals surface area contributed by atoms with Crippen LogP contribution in [0.4, 0.5) is 0 Å². The third-order valence-electron chi connectivity index (χ3n) is 3.44. The second kappa shape index (κ2) is 8.12. The number of thiophene rings is 1. The van der Waals surface area contributed by atoms with Crippen molar-refractivity contribution in [2.75, 3.05) is 0 Å². The van der Waals surface area contributed by atoms with Gasteiger partial charge in [0.15, 0.2) is 5.82 Å². The van der Waals surface area contributed by atoms with Gasteiger partial charge in [-0.05, 0) is 23.4 Å². The molecule has 5 nitrogen and oxygen atoms in total. The molecule has 0 aliphatic rings. The van der Waals surface area contributed by atoms with Crippen LogP contribution in [0.15, 0.2) is 53.0 Å². The number of carbonyl (C=O) groups is 1. The fourth-order valence-electron chi connectivity index (χ4n) is 2.17. The summed E-state index contributed by atoms with van der Waals surface area (Å²) in [6.45, 7) is 2.53. The highest BCUT2D eigenvalue weighted by Gasteiger charge is 2.20. The van der Waals surface area contributed by atoms with Crippen LogP contribution in [0.5, 0.6) is 0 Å². The van der Waals surface area contributed by atoms with Gasteiger partial charge in [0.2, 0.25) is 11.1 Å². The highest BCUT2D eigenvalue weighted by Crippen LogP contribution is 2.26. The van der Waals surface area contributed by atoms with E-state index in [0.29, 0.717) is 18.1 Å². The molecule has 0 bridgehead atoms. The second-order valence-electron chi connectivity index (χ2n) is 5.16. The van der Waals surface area contributed by atoms with Gasteiger partial charge < -0.3 is 5.32 Å². The molecule has 2 N–H and O–H groups in total. The maximum atomic E-state index is 12.4. The first-order valence-electron chi connectivity index (χ1n) is 7.71. The van der Waals surface area contributed by atoms with Crippen molar-refractivity contribution in [3.8, 4) is 10.7 Å². The fraction of sp³-hybridized carbons (Fsp3) is 0.235. The molecule has 3 rings (SSSR count). The Morgan fingerprint density at radius 2 is 2.12 bits per heavy atom. The lowest BCUT2D eigenvalue weighted by Crippen LogP contribution is -2.31. The van der Waals surface area contributed by atoms with Gasteiger partial charge in [-0.15, -0.1) is 16.4 Å². The average molecular weight is 358 g/mol. The number of benzene rings is 1. The molecule has 0 saturated carbocycles. The summed E-state index contributed by atoms with van der Waals surface area (Å²) in [5.74, 6) is 0.751. The van der Waals surface area contributed by atoms with E-state index in [1.165, 1.54) is 11.8 Å². The van der Waals surface area contributed by atoms with Gasteiger partial charge in [0.25, 0.3) is 0 Å². The first-order valence-corrected chi connectivity index (χ1v) is 9.46. The second-order valence-corrected chi connectivity index (χ2v) is 7.28. The third-order valence-corrected chi connectivity index (χ3v) is 5.54. The average Bonchev–Trinajstić information content (AvgIpc) is 3.29. The molecule has 1 atom stereocenters. The number of hydrogen-bond acceptors (Lipinski definition) is 5. The molecule has 1 amide bonds. The number of hydrogen-bond donors (Lipinski definition) is 2. The molecule has 0 fully saturated rings. The molecule has 2 heterocycles. The number of rotatable bonds is 7. The summed E-state index contributed by atoms with van der Waals surface area (Å²) in [4.78, 5) is 17.9. The zero-order chi connectivity index (χ0) is 16.8. The third kappa shape index (κ3) is 4.24. The summed E-state index contributed by atoms with van der Waals surface area (Å²) >= 11 is 2.99. The van der Waals surface area contributed by atoms with Gasteiger partial charge in [-0.25, -0.2) is 4.98 Å². The lowest BCUT2D eigenvalue weighted by molar-refractivity contribution is -0.120. The molecule has 0 aliphatic carbocycles. The molecule has 3 aromatic rings. The van der Waals surface area contributed by atoms with Crippen molar-refractivity contribution in [2.45, 2.75) is 30.3 Å². The molecule has 24 heavy (non-hydrogen) atoms. The van der Waals surface area contributed by atoms with E-state index in [1.807, 2.05) is 54.8 Å². The number of aromatic nitrogens is 3. The van der Waals surface area contributed by atoms with Crippen LogP contribution in [0, 0.1) is 0 Å². The summed E-state index contributed by atoms with van der Waals surface area (Å²) < 4.78 is 0. The normalized spacial score (nSPS) is 12.0. The van der Waals surface area contributed by atoms with Gasteiger partial charge in [-0.2, -0.15) is 0 Å². The smallest absolute Gasteiger partial charge is 0.233 e. The predicted octanol–water partition coefficient (Wildman–Crippen LogP) is 3.72. The highest BCUT2D eigenvalue weighted by atomic mass is 32.2. The van der Waals surface area contributed by atoms with Gasteiger partial charge in [0.05, 0.1) is 10.1 Å². The van der Waals surface area contributed by atoms with Crippen LogP contribution in [0.3, 0.4) is 0 Å². The summed E-state index contributed by atoms with van der Waals surface area (Å²) in [7, 11) is 0. The largest absolute Gasteiger partial charge is 0.351 e. The minimum absolute atomic E-state index is 0.00817. The van der Waals surface area contributed by atoms with Crippen molar-refractivity contribution in [1.29, 1.82) is 0 Å². The summed E-state index contributed by atoms with van der Waals surface area (Å²) in [6.07, 6.45) is 0.716. The number of aromatic amines is 1. The van der Waals surface area contributed by atoms with Crippen molar-refractivity contribution < 1.29 is 4.79 Å². The SMILES string of the molecule is CCC(Sc1n[nH]c(-c2cccs2)n1)C(=O)NCc1ccccc1. The van der Waals surface area contributed by atoms with E-state index in [1.54, 1.807) is 11.3 Å². The fourth-order valence-corrected chi connectivity index (χ4v) is 3.69. The van der Waals surface area contributed by atoms with E-state index in [-0.39, 0.29) is 11.2 Å². The van der Waals surface area contributed by atoms with Crippen LogP contribution in [0.1, 0.15) is 18.9 Å². The molecule has 124 valence electrons. The van der Waals surface area contributed by atoms with Crippen LogP contribution < -0.4 is 5.32 Å². The van der Waals surface area contributed by atoms with Gasteiger partial charge in [0.1, 0.15) is 0 Å². The van der Waals surface area contributed by atoms with E-state index < -0.39 is 0 Å². The van der Waals surface area contributed by atoms with Crippen molar-refractivity contribution >= 4 is 29.0 Å². The number of nitrogens with zero attached hydrogens (tertiary/aromatic N) is 2. The quantitative estimate of drug-likeness (QED) is 0.632. The lowest BCUT2D eigenvalue weighted by atomic mass is 10.2. The van der Waals surface area contributed by atoms with Gasteiger partial charge in [-0.3, -0.25) is 9.89 Å². The molecule has 1 unspecified atom stereocenters. The maximum absolute atomic E-state index is 12.4. The Bertz CT molecular complexity index is 771. The number of nitrogens with one attached hydrogen (secondary N) is 2. The first kappa shape index (κ1) is 16.7. The van der Waals surface area contributed by atoms with Crippen LogP contribution in [0.25, 0.3) is 10.7 Å². The number of carbonyl (C=O) groups excluding carboxylic acids is 1. The monoisotopic (exact) mass is 358 g/mol. The van der Waals surface area contributed by atoms with Crippen LogP contribution >= 0.6 is 23.1 Å². The molecule has 0 saturated heterocycles. The Balaban J connectivity index is 1.59. The topological polar surface area (TPSA) is 70.7 Å². The van der Waals surface area contributed by atoms with Gasteiger partial charge >= 0.3 is 0 Å². The number of thioether (sulfide) groups is 1. The zero-order valence-corrected chi connectivity index (χ0v) is 14.9. The summed E-state index contributed by atoms with van der Waals surface area (Å²) in [6, 6.07) is 13.9. The molecule has 0 aliphatic heterocycles. The molecule has 1 aromatic carbocycles. The highest BCUT2D eigenvalue weighted by molar-refractivity contribution is 8.00. The van der Waals surface area contributed by atoms with E-state index in [4.69, 9.17) is 0 Å². The Morgan fingerprint density at radius 1 is 1.29 bits per heavy atom. The van der Waals surface area contributed by atoms with Crippen molar-refractivity contribution in [3.05, 3.63) is 53.4 Å². The summed E-state index contributed by atoms with van der Waals surface area (Å²) in [5, 5.41) is 12.5. The Hall–Kier alpha value is -2.12. The Morgan fingerprint density at radius 3 is 2.83 bits per heavy atom. The molecule has 7 heteroatoms. The number of amides is 1.